The highest BCUT2D eigenvalue weighted by molar-refractivity contribution is 6.02. The van der Waals surface area contributed by atoms with Crippen LogP contribution in [0.1, 0.15) is 121 Å². The summed E-state index contributed by atoms with van der Waals surface area (Å²) in [6.07, 6.45) is 11.0. The van der Waals surface area contributed by atoms with E-state index in [1.54, 1.807) is 20.0 Å². The number of nitriles is 1. The number of nitrogens with one attached hydrogen (secondary N) is 1. The number of hydrogen-bond acceptors (Lipinski definition) is 4. The summed E-state index contributed by atoms with van der Waals surface area (Å²) in [6, 6.07) is 2.14. The topological polar surface area (TPSA) is 87.0 Å². The van der Waals surface area contributed by atoms with Crippen LogP contribution < -0.4 is 5.32 Å². The number of carbonyl (C=O) groups is 3. The summed E-state index contributed by atoms with van der Waals surface area (Å²) in [6.45, 7) is 21.3. The molecule has 0 radical (unpaired) electrons. The van der Waals surface area contributed by atoms with Gasteiger partial charge in [0, 0.05) is 23.8 Å². The molecule has 5 heteroatoms. The number of carbonyl (C=O) groups excluding carboxylic acids is 3. The van der Waals surface area contributed by atoms with Crippen LogP contribution in [0.3, 0.4) is 0 Å². The molecule has 0 aromatic heterocycles. The Morgan fingerprint density at radius 1 is 1.10 bits per heavy atom. The Labute approximate surface area is 238 Å². The molecule has 0 unspecified atom stereocenters. The molecule has 0 aromatic rings. The third-order valence-electron chi connectivity index (χ3n) is 10.9. The van der Waals surface area contributed by atoms with Gasteiger partial charge in [-0.1, -0.05) is 80.4 Å². The van der Waals surface area contributed by atoms with Crippen LogP contribution in [0.2, 0.25) is 0 Å². The van der Waals surface area contributed by atoms with Crippen molar-refractivity contribution in [1.29, 1.82) is 5.26 Å². The van der Waals surface area contributed by atoms with Crippen LogP contribution in [0.25, 0.3) is 0 Å². The van der Waals surface area contributed by atoms with E-state index in [1.165, 1.54) is 0 Å². The van der Waals surface area contributed by atoms with Crippen LogP contribution in [-0.4, -0.2) is 24.5 Å². The summed E-state index contributed by atoms with van der Waals surface area (Å²) in [5.74, 6) is -0.225. The monoisotopic (exact) mass is 538 g/mol. The van der Waals surface area contributed by atoms with Crippen molar-refractivity contribution in [3.05, 3.63) is 23.3 Å². The third-order valence-corrected chi connectivity index (χ3v) is 10.9. The van der Waals surface area contributed by atoms with Crippen molar-refractivity contribution in [2.75, 3.05) is 7.05 Å². The maximum Gasteiger partial charge on any atom is 0.225 e. The van der Waals surface area contributed by atoms with Crippen LogP contribution in [0.5, 0.6) is 0 Å². The Bertz CT molecular complexity index is 1070. The zero-order chi connectivity index (χ0) is 30.0. The molecule has 1 amide bonds. The normalized spacial score (nSPS) is 30.2. The van der Waals surface area contributed by atoms with Crippen LogP contribution in [0.4, 0.5) is 0 Å². The average molecular weight is 539 g/mol. The molecule has 0 spiro atoms. The van der Waals surface area contributed by atoms with Gasteiger partial charge in [-0.05, 0) is 80.1 Å². The molecule has 1 fully saturated rings. The van der Waals surface area contributed by atoms with Crippen LogP contribution in [0, 0.1) is 50.2 Å². The quantitative estimate of drug-likeness (QED) is 0.272. The van der Waals surface area contributed by atoms with E-state index in [9.17, 15) is 19.6 Å². The SMILES string of the molecule is CCCC(C)(C)CC[C@@](C)(CCC(C)(C)[C@]1(C)CC[C@H]2[C@H](C)C(=O)C(C#N)=C[C@]2(C)/C1=C/C(C)=O)C(=O)NC. The highest BCUT2D eigenvalue weighted by Gasteiger charge is 2.58. The van der Waals surface area contributed by atoms with Gasteiger partial charge in [-0.25, -0.2) is 0 Å². The molecule has 1 N–H and O–H groups in total. The van der Waals surface area contributed by atoms with Gasteiger partial charge in [0.25, 0.3) is 0 Å². The maximum absolute atomic E-state index is 13.2. The maximum atomic E-state index is 13.2. The molecular weight excluding hydrogens is 484 g/mol. The molecule has 2 rings (SSSR count). The zero-order valence-electron chi connectivity index (χ0n) is 26.6. The van der Waals surface area contributed by atoms with Crippen molar-refractivity contribution >= 4 is 17.5 Å². The summed E-state index contributed by atoms with van der Waals surface area (Å²) < 4.78 is 0. The van der Waals surface area contributed by atoms with Crippen LogP contribution in [0.15, 0.2) is 23.3 Å². The Morgan fingerprint density at radius 3 is 2.21 bits per heavy atom. The second-order valence-electron chi connectivity index (χ2n) is 14.7. The Kier molecular flexibility index (Phi) is 9.91. The fourth-order valence-electron chi connectivity index (χ4n) is 7.67. The standard InChI is InChI=1S/C34H54N2O3/c1-12-14-30(4,5)16-18-32(8,29(39)36-11)19-17-31(6,7)34(10)15-13-26-24(3)28(38)25(22-35)21-33(26,9)27(34)20-23(2)37/h20-21,24,26H,12-19H2,1-11H3,(H,36,39)/b27-20-/t24-,26-,32-,33-,34+/m0/s1. The molecule has 0 aliphatic heterocycles. The molecule has 1 saturated carbocycles. The first-order valence-electron chi connectivity index (χ1n) is 15.0. The first-order chi connectivity index (χ1) is 17.8. The predicted molar refractivity (Wildman–Crippen MR) is 159 cm³/mol. The largest absolute Gasteiger partial charge is 0.359 e. The zero-order valence-corrected chi connectivity index (χ0v) is 26.6. The number of hydrogen-bond donors (Lipinski definition) is 1. The highest BCUT2D eigenvalue weighted by Crippen LogP contribution is 2.65. The lowest BCUT2D eigenvalue weighted by molar-refractivity contribution is -0.131. The minimum atomic E-state index is -0.553. The molecule has 0 heterocycles. The predicted octanol–water partition coefficient (Wildman–Crippen LogP) is 7.76. The number of ketones is 2. The molecule has 218 valence electrons. The number of fused-ring (bicyclic) bond motifs is 1. The summed E-state index contributed by atoms with van der Waals surface area (Å²) >= 11 is 0. The van der Waals surface area contributed by atoms with Crippen molar-refractivity contribution in [3.63, 3.8) is 0 Å². The van der Waals surface area contributed by atoms with Crippen molar-refractivity contribution in [3.8, 4) is 6.07 Å². The first-order valence-corrected chi connectivity index (χ1v) is 15.0. The van der Waals surface area contributed by atoms with Crippen molar-refractivity contribution < 1.29 is 14.4 Å². The van der Waals surface area contributed by atoms with Gasteiger partial charge < -0.3 is 5.32 Å². The van der Waals surface area contributed by atoms with Crippen molar-refractivity contribution in [2.45, 2.75) is 121 Å². The lowest BCUT2D eigenvalue weighted by Gasteiger charge is -2.59. The number of amides is 1. The van der Waals surface area contributed by atoms with Crippen LogP contribution >= 0.6 is 0 Å². The minimum absolute atomic E-state index is 0.0151. The molecule has 5 nitrogen and oxygen atoms in total. The number of rotatable bonds is 11. The summed E-state index contributed by atoms with van der Waals surface area (Å²) in [7, 11) is 1.73. The Balaban J connectivity index is 2.50. The van der Waals surface area contributed by atoms with Gasteiger partial charge >= 0.3 is 0 Å². The number of allylic oxidation sites excluding steroid dienone is 4. The smallest absolute Gasteiger partial charge is 0.225 e. The second-order valence-corrected chi connectivity index (χ2v) is 14.7. The minimum Gasteiger partial charge on any atom is -0.359 e. The molecule has 2 aliphatic rings. The fourth-order valence-corrected chi connectivity index (χ4v) is 7.67. The number of Topliss-reactive ketones (excluding diaryl/α,β-unsaturated/α-hetero) is 1. The van der Waals surface area contributed by atoms with Gasteiger partial charge in [0.15, 0.2) is 11.6 Å². The van der Waals surface area contributed by atoms with E-state index < -0.39 is 10.8 Å². The third kappa shape index (κ3) is 6.41. The van der Waals surface area contributed by atoms with Gasteiger partial charge in [-0.15, -0.1) is 0 Å². The molecule has 39 heavy (non-hydrogen) atoms. The van der Waals surface area contributed by atoms with Gasteiger partial charge in [-0.2, -0.15) is 5.26 Å². The highest BCUT2D eigenvalue weighted by atomic mass is 16.2. The average Bonchev–Trinajstić information content (AvgIpc) is 2.85. The molecule has 5 atom stereocenters. The van der Waals surface area contributed by atoms with Crippen molar-refractivity contribution in [2.24, 2.45) is 38.9 Å². The van der Waals surface area contributed by atoms with E-state index in [-0.39, 0.29) is 51.1 Å². The lowest BCUT2D eigenvalue weighted by atomic mass is 9.44. The Morgan fingerprint density at radius 2 is 1.69 bits per heavy atom. The Hall–Kier alpha value is -2.22. The van der Waals surface area contributed by atoms with E-state index in [0.29, 0.717) is 0 Å². The van der Waals surface area contributed by atoms with E-state index in [0.717, 1.165) is 56.9 Å². The summed E-state index contributed by atoms with van der Waals surface area (Å²) in [4.78, 5) is 38.8. The fraction of sp³-hybridized carbons (Fsp3) is 0.765. The van der Waals surface area contributed by atoms with E-state index in [2.05, 4.69) is 66.8 Å². The van der Waals surface area contributed by atoms with E-state index in [1.807, 2.05) is 13.0 Å². The van der Waals surface area contributed by atoms with Gasteiger partial charge in [0.05, 0.1) is 5.57 Å². The van der Waals surface area contributed by atoms with Gasteiger partial charge in [0.2, 0.25) is 5.91 Å². The molecule has 0 bridgehead atoms. The summed E-state index contributed by atoms with van der Waals surface area (Å²) in [5.41, 5.74) is -0.188. The molecule has 0 saturated heterocycles. The van der Waals surface area contributed by atoms with Gasteiger partial charge in [0.1, 0.15) is 6.07 Å². The second kappa shape index (κ2) is 11.7. The van der Waals surface area contributed by atoms with Crippen molar-refractivity contribution in [1.82, 2.24) is 5.32 Å². The van der Waals surface area contributed by atoms with E-state index >= 15 is 0 Å². The van der Waals surface area contributed by atoms with Gasteiger partial charge in [-0.3, -0.25) is 14.4 Å². The molecule has 2 aliphatic carbocycles. The van der Waals surface area contributed by atoms with E-state index in [4.69, 9.17) is 0 Å². The lowest BCUT2D eigenvalue weighted by Crippen LogP contribution is -2.53. The number of nitrogens with zero attached hydrogens (tertiary/aromatic N) is 1. The summed E-state index contributed by atoms with van der Waals surface area (Å²) in [5, 5.41) is 12.7. The first kappa shape index (κ1) is 33.0. The van der Waals surface area contributed by atoms with Crippen LogP contribution in [-0.2, 0) is 14.4 Å². The molecular formula is C34H54N2O3. The molecule has 0 aromatic carbocycles.